The molecule has 3 rings (SSSR count). The second-order valence-electron chi connectivity index (χ2n) is 6.60. The first-order chi connectivity index (χ1) is 9.02. The minimum atomic E-state index is 0.145. The molecule has 0 heterocycles. The molecule has 1 unspecified atom stereocenters. The Balaban J connectivity index is 1.84. The van der Waals surface area contributed by atoms with E-state index in [-0.39, 0.29) is 10.8 Å². The van der Waals surface area contributed by atoms with Gasteiger partial charge < -0.3 is 4.74 Å². The lowest BCUT2D eigenvalue weighted by Gasteiger charge is -2.32. The van der Waals surface area contributed by atoms with Crippen molar-refractivity contribution in [2.75, 3.05) is 0 Å². The lowest BCUT2D eigenvalue weighted by Crippen LogP contribution is -2.21. The van der Waals surface area contributed by atoms with Crippen LogP contribution in [-0.2, 0) is 0 Å². The van der Waals surface area contributed by atoms with Crippen LogP contribution >= 0.6 is 11.6 Å². The Labute approximate surface area is 120 Å². The quantitative estimate of drug-likeness (QED) is 0.703. The average Bonchev–Trinajstić information content (AvgIpc) is 3.10. The normalized spacial score (nSPS) is 25.8. The van der Waals surface area contributed by atoms with Gasteiger partial charge in [0.1, 0.15) is 5.75 Å². The third-order valence-electron chi connectivity index (χ3n) is 3.83. The summed E-state index contributed by atoms with van der Waals surface area (Å²) in [4.78, 5) is 0. The molecule has 0 aliphatic heterocycles. The number of allylic oxidation sites excluding steroid dienone is 2. The maximum Gasteiger partial charge on any atom is 0.120 e. The topological polar surface area (TPSA) is 9.23 Å². The lowest BCUT2D eigenvalue weighted by atomic mass is 9.75. The standard InChI is InChI=1S/C17H21ClO/c1-17(2)10-13(8-14(18)11-17)12-4-3-5-16(9-12)19-15-6-7-15/h3-5,8-9,14-15H,6-7,10-11H2,1-2H3. The van der Waals surface area contributed by atoms with Gasteiger partial charge in [-0.05, 0) is 54.4 Å². The number of ether oxygens (including phenoxy) is 1. The minimum absolute atomic E-state index is 0.145. The van der Waals surface area contributed by atoms with E-state index in [2.05, 4.69) is 44.2 Å². The molecule has 0 bridgehead atoms. The van der Waals surface area contributed by atoms with Gasteiger partial charge >= 0.3 is 0 Å². The summed E-state index contributed by atoms with van der Waals surface area (Å²) in [6, 6.07) is 8.46. The van der Waals surface area contributed by atoms with Crippen LogP contribution < -0.4 is 4.74 Å². The molecule has 1 aromatic rings. The monoisotopic (exact) mass is 276 g/mol. The zero-order valence-corrected chi connectivity index (χ0v) is 12.4. The molecule has 2 aliphatic carbocycles. The molecule has 1 aromatic carbocycles. The van der Waals surface area contributed by atoms with Gasteiger partial charge in [0.05, 0.1) is 11.5 Å². The average molecular weight is 277 g/mol. The molecule has 0 spiro atoms. The fourth-order valence-electron chi connectivity index (χ4n) is 2.80. The highest BCUT2D eigenvalue weighted by Gasteiger charge is 2.28. The molecule has 0 radical (unpaired) electrons. The molecule has 2 heteroatoms. The molecule has 1 atom stereocenters. The van der Waals surface area contributed by atoms with Crippen molar-refractivity contribution in [2.45, 2.75) is 51.0 Å². The van der Waals surface area contributed by atoms with E-state index < -0.39 is 0 Å². The van der Waals surface area contributed by atoms with Gasteiger partial charge in [0, 0.05) is 0 Å². The second kappa shape index (κ2) is 4.86. The molecule has 0 aromatic heterocycles. The van der Waals surface area contributed by atoms with Crippen molar-refractivity contribution in [1.29, 1.82) is 0 Å². The van der Waals surface area contributed by atoms with Crippen LogP contribution in [0.4, 0.5) is 0 Å². The van der Waals surface area contributed by atoms with E-state index in [0.717, 1.165) is 18.6 Å². The maximum atomic E-state index is 6.37. The van der Waals surface area contributed by atoms with Crippen molar-refractivity contribution >= 4 is 17.2 Å². The van der Waals surface area contributed by atoms with Gasteiger partial charge in [-0.2, -0.15) is 0 Å². The third kappa shape index (κ3) is 3.33. The van der Waals surface area contributed by atoms with E-state index in [1.807, 2.05) is 0 Å². The van der Waals surface area contributed by atoms with Gasteiger partial charge in [0.25, 0.3) is 0 Å². The predicted octanol–water partition coefficient (Wildman–Crippen LogP) is 5.04. The SMILES string of the molecule is CC1(C)CC(c2cccc(OC3CC3)c2)=CC(Cl)C1. The van der Waals surface area contributed by atoms with Gasteiger partial charge in [-0.25, -0.2) is 0 Å². The Kier molecular flexibility index (Phi) is 3.34. The van der Waals surface area contributed by atoms with E-state index in [1.165, 1.54) is 24.0 Å². The van der Waals surface area contributed by atoms with Crippen molar-refractivity contribution < 1.29 is 4.74 Å². The summed E-state index contributed by atoms with van der Waals surface area (Å²) in [6.07, 6.45) is 7.20. The summed E-state index contributed by atoms with van der Waals surface area (Å²) in [5.41, 5.74) is 2.90. The highest BCUT2D eigenvalue weighted by Crippen LogP contribution is 2.41. The van der Waals surface area contributed by atoms with Crippen molar-refractivity contribution in [3.05, 3.63) is 35.9 Å². The Bertz CT molecular complexity index is 500. The van der Waals surface area contributed by atoms with Gasteiger partial charge in [-0.15, -0.1) is 11.6 Å². The smallest absolute Gasteiger partial charge is 0.120 e. The summed E-state index contributed by atoms with van der Waals surface area (Å²) < 4.78 is 5.88. The first kappa shape index (κ1) is 13.1. The maximum absolute atomic E-state index is 6.37. The third-order valence-corrected chi connectivity index (χ3v) is 4.11. The molecular weight excluding hydrogens is 256 g/mol. The molecule has 1 saturated carbocycles. The predicted molar refractivity (Wildman–Crippen MR) is 80.7 cm³/mol. The lowest BCUT2D eigenvalue weighted by molar-refractivity contribution is 0.303. The number of benzene rings is 1. The van der Waals surface area contributed by atoms with Crippen molar-refractivity contribution in [2.24, 2.45) is 5.41 Å². The van der Waals surface area contributed by atoms with E-state index >= 15 is 0 Å². The summed E-state index contributed by atoms with van der Waals surface area (Å²) in [7, 11) is 0. The summed E-state index contributed by atoms with van der Waals surface area (Å²) in [5.74, 6) is 0.996. The van der Waals surface area contributed by atoms with Gasteiger partial charge in [-0.1, -0.05) is 32.1 Å². The van der Waals surface area contributed by atoms with Gasteiger partial charge in [-0.3, -0.25) is 0 Å². The molecule has 0 amide bonds. The summed E-state index contributed by atoms with van der Waals surface area (Å²) in [6.45, 7) is 4.58. The molecule has 0 N–H and O–H groups in total. The van der Waals surface area contributed by atoms with Crippen LogP contribution in [0.5, 0.6) is 5.75 Å². The molecule has 1 fully saturated rings. The Hall–Kier alpha value is -0.950. The van der Waals surface area contributed by atoms with E-state index in [9.17, 15) is 0 Å². The number of rotatable bonds is 3. The first-order valence-electron chi connectivity index (χ1n) is 7.14. The number of hydrogen-bond acceptors (Lipinski definition) is 1. The second-order valence-corrected chi connectivity index (χ2v) is 7.16. The fraction of sp³-hybridized carbons (Fsp3) is 0.529. The fourth-order valence-corrected chi connectivity index (χ4v) is 3.37. The zero-order chi connectivity index (χ0) is 13.5. The van der Waals surface area contributed by atoms with Crippen LogP contribution in [0.25, 0.3) is 5.57 Å². The summed E-state index contributed by atoms with van der Waals surface area (Å²) in [5, 5.41) is 0.145. The minimum Gasteiger partial charge on any atom is -0.490 e. The number of hydrogen-bond donors (Lipinski definition) is 0. The van der Waals surface area contributed by atoms with E-state index in [4.69, 9.17) is 16.3 Å². The highest BCUT2D eigenvalue weighted by molar-refractivity contribution is 6.22. The zero-order valence-electron chi connectivity index (χ0n) is 11.7. The van der Waals surface area contributed by atoms with Gasteiger partial charge in [0.2, 0.25) is 0 Å². The van der Waals surface area contributed by atoms with Crippen LogP contribution in [0.15, 0.2) is 30.3 Å². The van der Waals surface area contributed by atoms with Crippen molar-refractivity contribution in [3.63, 3.8) is 0 Å². The number of halogens is 1. The molecule has 2 aliphatic rings. The van der Waals surface area contributed by atoms with Crippen molar-refractivity contribution in [3.8, 4) is 5.75 Å². The van der Waals surface area contributed by atoms with Gasteiger partial charge in [0.15, 0.2) is 0 Å². The molecule has 19 heavy (non-hydrogen) atoms. The molecule has 1 nitrogen and oxygen atoms in total. The Morgan fingerprint density at radius 1 is 1.26 bits per heavy atom. The van der Waals surface area contributed by atoms with E-state index in [1.54, 1.807) is 0 Å². The molecule has 102 valence electrons. The van der Waals surface area contributed by atoms with Crippen molar-refractivity contribution in [1.82, 2.24) is 0 Å². The van der Waals surface area contributed by atoms with Crippen LogP contribution in [0.2, 0.25) is 0 Å². The van der Waals surface area contributed by atoms with Crippen LogP contribution in [0, 0.1) is 5.41 Å². The Morgan fingerprint density at radius 3 is 2.74 bits per heavy atom. The van der Waals surface area contributed by atoms with Crippen LogP contribution in [0.1, 0.15) is 45.1 Å². The van der Waals surface area contributed by atoms with Crippen LogP contribution in [-0.4, -0.2) is 11.5 Å². The Morgan fingerprint density at radius 2 is 2.05 bits per heavy atom. The molecular formula is C17H21ClO. The van der Waals surface area contributed by atoms with E-state index in [0.29, 0.717) is 6.10 Å². The first-order valence-corrected chi connectivity index (χ1v) is 7.57. The highest BCUT2D eigenvalue weighted by atomic mass is 35.5. The summed E-state index contributed by atoms with van der Waals surface area (Å²) >= 11 is 6.37. The van der Waals surface area contributed by atoms with Crippen LogP contribution in [0.3, 0.4) is 0 Å². The molecule has 0 saturated heterocycles. The largest absolute Gasteiger partial charge is 0.490 e. The number of alkyl halides is 1.